The molecule has 4 N–H and O–H groups in total. The average Bonchev–Trinajstić information content (AvgIpc) is 3.24. The van der Waals surface area contributed by atoms with Crippen LogP contribution in [0.25, 0.3) is 17.2 Å². The second kappa shape index (κ2) is 11.5. The lowest BCUT2D eigenvalue weighted by molar-refractivity contribution is -0.127. The number of aliphatic imine (C=N–C) groups is 1. The number of aliphatic hydroxyl groups excluding tert-OH is 2. The van der Waals surface area contributed by atoms with Gasteiger partial charge in [-0.1, -0.05) is 31.2 Å². The fraction of sp³-hybridized carbons (Fsp3) is 0.393. The Kier molecular flexibility index (Phi) is 8.18. The molecule has 2 amide bonds. The number of aliphatic hydroxyl groups is 2. The first-order valence-electron chi connectivity index (χ1n) is 12.5. The smallest absolute Gasteiger partial charge is 0.253 e. The third-order valence-electron chi connectivity index (χ3n) is 6.55. The van der Waals surface area contributed by atoms with Gasteiger partial charge in [0.05, 0.1) is 11.8 Å². The van der Waals surface area contributed by atoms with E-state index in [-0.39, 0.29) is 24.8 Å². The van der Waals surface area contributed by atoms with Crippen LogP contribution in [0.1, 0.15) is 48.5 Å². The Morgan fingerprint density at radius 3 is 2.56 bits per heavy atom. The van der Waals surface area contributed by atoms with Crippen molar-refractivity contribution in [2.45, 2.75) is 38.7 Å². The first kappa shape index (κ1) is 25.6. The van der Waals surface area contributed by atoms with Gasteiger partial charge in [0.15, 0.2) is 0 Å². The maximum absolute atomic E-state index is 13.2. The van der Waals surface area contributed by atoms with Gasteiger partial charge in [-0.3, -0.25) is 9.59 Å². The van der Waals surface area contributed by atoms with E-state index in [9.17, 15) is 19.8 Å². The van der Waals surface area contributed by atoms with Gasteiger partial charge in [0, 0.05) is 55.9 Å². The molecule has 8 heteroatoms. The molecular formula is C28H34N4O4. The molecule has 0 aliphatic carbocycles. The highest BCUT2D eigenvalue weighted by atomic mass is 16.3. The lowest BCUT2D eigenvalue weighted by Gasteiger charge is -2.23. The highest BCUT2D eigenvalue weighted by Gasteiger charge is 2.25. The second-order valence-corrected chi connectivity index (χ2v) is 9.36. The van der Waals surface area contributed by atoms with E-state index in [1.165, 1.54) is 0 Å². The van der Waals surface area contributed by atoms with Crippen molar-refractivity contribution in [1.82, 2.24) is 9.80 Å². The van der Waals surface area contributed by atoms with Crippen molar-refractivity contribution in [3.05, 3.63) is 59.2 Å². The van der Waals surface area contributed by atoms with Crippen LogP contribution in [-0.2, 0) is 4.79 Å². The van der Waals surface area contributed by atoms with E-state index in [2.05, 4.69) is 4.99 Å². The summed E-state index contributed by atoms with van der Waals surface area (Å²) in [6.07, 6.45) is 3.67. The van der Waals surface area contributed by atoms with Gasteiger partial charge >= 0.3 is 0 Å². The standard InChI is InChI=1S/C28H34N4O4/c1-2-11-31(12-3-14-33)28(36)23-15-22-9-8-21(16-25(22)30-26(29)17-23)19-4-6-20(7-5-19)27(35)32-13-10-24(34)18-32/h4-9,15-16,24,33-34H,2-3,10-14,17-18H2,1H3,(H2,29,30)/t24-/m1/s1. The molecule has 1 atom stereocenters. The number of nitrogens with zero attached hydrogens (tertiary/aromatic N) is 3. The zero-order valence-corrected chi connectivity index (χ0v) is 20.7. The Hall–Kier alpha value is -3.49. The van der Waals surface area contributed by atoms with Gasteiger partial charge in [-0.15, -0.1) is 0 Å². The Balaban J connectivity index is 1.56. The lowest BCUT2D eigenvalue weighted by atomic mass is 9.99. The number of hydrogen-bond acceptors (Lipinski definition) is 6. The van der Waals surface area contributed by atoms with Crippen LogP contribution < -0.4 is 5.73 Å². The molecule has 0 spiro atoms. The summed E-state index contributed by atoms with van der Waals surface area (Å²) in [4.78, 5) is 33.9. The summed E-state index contributed by atoms with van der Waals surface area (Å²) in [6, 6.07) is 13.3. The minimum Gasteiger partial charge on any atom is -0.396 e. The summed E-state index contributed by atoms with van der Waals surface area (Å²) >= 11 is 0. The normalized spacial score (nSPS) is 17.2. The molecule has 0 aromatic heterocycles. The molecule has 2 heterocycles. The van der Waals surface area contributed by atoms with Gasteiger partial charge in [-0.05, 0) is 54.7 Å². The molecule has 190 valence electrons. The van der Waals surface area contributed by atoms with Crippen molar-refractivity contribution in [2.24, 2.45) is 10.7 Å². The van der Waals surface area contributed by atoms with Gasteiger partial charge in [0.1, 0.15) is 5.84 Å². The summed E-state index contributed by atoms with van der Waals surface area (Å²) in [5, 5.41) is 18.9. The first-order chi connectivity index (χ1) is 17.4. The SMILES string of the molecule is CCCN(CCCO)C(=O)C1=Cc2ccc(-c3ccc(C(=O)N4CC[C@@H](O)C4)cc3)cc2N=C(N)C1. The van der Waals surface area contributed by atoms with E-state index in [0.717, 1.165) is 23.1 Å². The second-order valence-electron chi connectivity index (χ2n) is 9.36. The Bertz CT molecular complexity index is 1170. The van der Waals surface area contributed by atoms with E-state index in [1.807, 2.05) is 43.3 Å². The van der Waals surface area contributed by atoms with Crippen molar-refractivity contribution < 1.29 is 19.8 Å². The van der Waals surface area contributed by atoms with Gasteiger partial charge < -0.3 is 25.7 Å². The molecule has 2 aromatic carbocycles. The lowest BCUT2D eigenvalue weighted by Crippen LogP contribution is -2.35. The van der Waals surface area contributed by atoms with Crippen LogP contribution >= 0.6 is 0 Å². The Labute approximate surface area is 211 Å². The summed E-state index contributed by atoms with van der Waals surface area (Å²) in [5.74, 6) is 0.222. The summed E-state index contributed by atoms with van der Waals surface area (Å²) in [5.41, 5.74) is 10.8. The topological polar surface area (TPSA) is 119 Å². The van der Waals surface area contributed by atoms with E-state index in [1.54, 1.807) is 21.9 Å². The Morgan fingerprint density at radius 2 is 1.89 bits per heavy atom. The molecule has 0 radical (unpaired) electrons. The minimum absolute atomic E-state index is 0.0400. The fourth-order valence-corrected chi connectivity index (χ4v) is 4.67. The van der Waals surface area contributed by atoms with E-state index >= 15 is 0 Å². The quantitative estimate of drug-likeness (QED) is 0.526. The number of amides is 2. The molecule has 0 saturated carbocycles. The molecule has 1 saturated heterocycles. The molecule has 2 aliphatic heterocycles. The van der Waals surface area contributed by atoms with Gasteiger partial charge in [0.2, 0.25) is 5.91 Å². The minimum atomic E-state index is -0.444. The number of carbonyl (C=O) groups excluding carboxylic acids is 2. The number of nitrogens with two attached hydrogens (primary N) is 1. The van der Waals surface area contributed by atoms with Gasteiger partial charge in [-0.2, -0.15) is 0 Å². The summed E-state index contributed by atoms with van der Waals surface area (Å²) in [7, 11) is 0. The van der Waals surface area contributed by atoms with Crippen LogP contribution in [0, 0.1) is 0 Å². The number of amidine groups is 1. The van der Waals surface area contributed by atoms with Crippen LogP contribution in [0.4, 0.5) is 5.69 Å². The van der Waals surface area contributed by atoms with Gasteiger partial charge in [0.25, 0.3) is 5.91 Å². The predicted octanol–water partition coefficient (Wildman–Crippen LogP) is 2.96. The monoisotopic (exact) mass is 490 g/mol. The number of rotatable bonds is 8. The van der Waals surface area contributed by atoms with Crippen LogP contribution in [-0.4, -0.2) is 76.6 Å². The number of fused-ring (bicyclic) bond motifs is 1. The molecular weight excluding hydrogens is 456 g/mol. The summed E-state index contributed by atoms with van der Waals surface area (Å²) < 4.78 is 0. The highest BCUT2D eigenvalue weighted by Crippen LogP contribution is 2.32. The van der Waals surface area contributed by atoms with Crippen molar-refractivity contribution in [2.75, 3.05) is 32.8 Å². The zero-order valence-electron chi connectivity index (χ0n) is 20.7. The molecule has 4 rings (SSSR count). The highest BCUT2D eigenvalue weighted by molar-refractivity contribution is 6.05. The zero-order chi connectivity index (χ0) is 25.7. The van der Waals surface area contributed by atoms with Crippen LogP contribution in [0.2, 0.25) is 0 Å². The fourth-order valence-electron chi connectivity index (χ4n) is 4.67. The van der Waals surface area contributed by atoms with E-state index in [4.69, 9.17) is 5.73 Å². The maximum Gasteiger partial charge on any atom is 0.253 e. The molecule has 2 aromatic rings. The predicted molar refractivity (Wildman–Crippen MR) is 141 cm³/mol. The molecule has 0 bridgehead atoms. The van der Waals surface area contributed by atoms with Crippen molar-refractivity contribution in [1.29, 1.82) is 0 Å². The summed E-state index contributed by atoms with van der Waals surface area (Å²) in [6.45, 7) is 4.13. The van der Waals surface area contributed by atoms with Crippen molar-refractivity contribution in [3.8, 4) is 11.1 Å². The van der Waals surface area contributed by atoms with E-state index in [0.29, 0.717) is 61.7 Å². The number of likely N-dealkylation sites (tertiary alicyclic amines) is 1. The average molecular weight is 491 g/mol. The molecule has 8 nitrogen and oxygen atoms in total. The maximum atomic E-state index is 13.2. The molecule has 36 heavy (non-hydrogen) atoms. The number of benzene rings is 2. The largest absolute Gasteiger partial charge is 0.396 e. The number of hydrogen-bond donors (Lipinski definition) is 3. The first-order valence-corrected chi connectivity index (χ1v) is 12.5. The Morgan fingerprint density at radius 1 is 1.14 bits per heavy atom. The van der Waals surface area contributed by atoms with Crippen LogP contribution in [0.5, 0.6) is 0 Å². The van der Waals surface area contributed by atoms with E-state index < -0.39 is 6.10 Å². The third kappa shape index (κ3) is 5.83. The van der Waals surface area contributed by atoms with Gasteiger partial charge in [-0.25, -0.2) is 4.99 Å². The van der Waals surface area contributed by atoms with Crippen molar-refractivity contribution in [3.63, 3.8) is 0 Å². The molecule has 2 aliphatic rings. The molecule has 1 fully saturated rings. The number of β-amino-alcohol motifs (C(OH)–C–C–N with tert-alkyl or cyclic N) is 1. The van der Waals surface area contributed by atoms with Crippen LogP contribution in [0.15, 0.2) is 53.0 Å². The molecule has 0 unspecified atom stereocenters. The van der Waals surface area contributed by atoms with Crippen LogP contribution in [0.3, 0.4) is 0 Å². The van der Waals surface area contributed by atoms with Crippen molar-refractivity contribution >= 4 is 29.4 Å². The number of carbonyl (C=O) groups is 2. The third-order valence-corrected chi connectivity index (χ3v) is 6.55.